The predicted octanol–water partition coefficient (Wildman–Crippen LogP) is 2.05. The van der Waals surface area contributed by atoms with Crippen LogP contribution in [0.5, 0.6) is 0 Å². The first kappa shape index (κ1) is 10.9. The summed E-state index contributed by atoms with van der Waals surface area (Å²) in [5.41, 5.74) is 0. The van der Waals surface area contributed by atoms with Crippen LogP contribution in [0.25, 0.3) is 0 Å². The van der Waals surface area contributed by atoms with E-state index in [4.69, 9.17) is 4.74 Å². The van der Waals surface area contributed by atoms with Crippen LogP contribution < -0.4 is 5.32 Å². The maximum atomic E-state index is 5.48. The molecular formula is C9H23NO. The van der Waals surface area contributed by atoms with E-state index in [0.717, 1.165) is 6.61 Å². The minimum absolute atomic E-state index is 0. The van der Waals surface area contributed by atoms with Gasteiger partial charge in [-0.05, 0) is 27.3 Å². The number of hydrogen-bond acceptors (Lipinski definition) is 2. The van der Waals surface area contributed by atoms with Crippen LogP contribution in [0.15, 0.2) is 0 Å². The Morgan fingerprint density at radius 2 is 2.09 bits per heavy atom. The lowest BCUT2D eigenvalue weighted by Gasteiger charge is -2.16. The molecule has 1 atom stereocenters. The van der Waals surface area contributed by atoms with Gasteiger partial charge in [0.1, 0.15) is 0 Å². The summed E-state index contributed by atoms with van der Waals surface area (Å²) in [5, 5.41) is 3.23. The molecule has 0 amide bonds. The van der Waals surface area contributed by atoms with Crippen molar-refractivity contribution in [1.82, 2.24) is 5.32 Å². The second-order valence-electron chi connectivity index (χ2n) is 3.16. The first-order chi connectivity index (χ1) is 5.20. The molecule has 0 rings (SSSR count). The Bertz CT molecular complexity index is 88.6. The highest BCUT2D eigenvalue weighted by molar-refractivity contribution is 4.62. The lowest BCUT2D eigenvalue weighted by atomic mass is 10.2. The van der Waals surface area contributed by atoms with Crippen molar-refractivity contribution >= 4 is 0 Å². The Morgan fingerprint density at radius 3 is 2.45 bits per heavy atom. The molecule has 0 saturated heterocycles. The number of hydrogen-bond donors (Lipinski definition) is 1. The molecule has 70 valence electrons. The van der Waals surface area contributed by atoms with Crippen LogP contribution in [0.3, 0.4) is 0 Å². The van der Waals surface area contributed by atoms with Crippen LogP contribution >= 0.6 is 0 Å². The van der Waals surface area contributed by atoms with Gasteiger partial charge in [-0.2, -0.15) is 0 Å². The molecule has 0 spiro atoms. The molecule has 0 saturated carbocycles. The van der Waals surface area contributed by atoms with E-state index in [1.807, 2.05) is 7.05 Å². The number of ether oxygens (including phenoxy) is 1. The average molecular weight is 161 g/mol. The minimum atomic E-state index is 0. The fraction of sp³-hybridized carbons (Fsp3) is 1.00. The summed E-state index contributed by atoms with van der Waals surface area (Å²) in [6, 6.07) is 0.530. The molecule has 1 N–H and O–H groups in total. The Labute approximate surface area is 71.8 Å². The molecule has 0 radical (unpaired) electrons. The van der Waals surface area contributed by atoms with E-state index in [0.29, 0.717) is 12.1 Å². The fourth-order valence-electron chi connectivity index (χ4n) is 0.968. The molecule has 0 aromatic carbocycles. The summed E-state index contributed by atoms with van der Waals surface area (Å²) in [6.07, 6.45) is 2.76. The SMILES string of the molecule is CCCC(COC(C)C)NC.[HH]. The molecule has 0 aromatic heterocycles. The van der Waals surface area contributed by atoms with E-state index in [2.05, 4.69) is 26.1 Å². The van der Waals surface area contributed by atoms with Gasteiger partial charge in [0.15, 0.2) is 0 Å². The van der Waals surface area contributed by atoms with Gasteiger partial charge in [0.05, 0.1) is 12.7 Å². The zero-order valence-electron chi connectivity index (χ0n) is 8.18. The van der Waals surface area contributed by atoms with Crippen LogP contribution in [0.2, 0.25) is 0 Å². The second-order valence-corrected chi connectivity index (χ2v) is 3.16. The number of rotatable bonds is 6. The van der Waals surface area contributed by atoms with Gasteiger partial charge in [-0.25, -0.2) is 0 Å². The van der Waals surface area contributed by atoms with Gasteiger partial charge in [0, 0.05) is 7.47 Å². The maximum absolute atomic E-state index is 5.48. The van der Waals surface area contributed by atoms with Gasteiger partial charge in [0.25, 0.3) is 0 Å². The van der Waals surface area contributed by atoms with E-state index in [-0.39, 0.29) is 1.43 Å². The van der Waals surface area contributed by atoms with Crippen molar-refractivity contribution in [3.8, 4) is 0 Å². The first-order valence-electron chi connectivity index (χ1n) is 4.49. The van der Waals surface area contributed by atoms with Gasteiger partial charge < -0.3 is 10.1 Å². The van der Waals surface area contributed by atoms with Crippen molar-refractivity contribution in [3.05, 3.63) is 0 Å². The third-order valence-corrected chi connectivity index (χ3v) is 1.68. The Hall–Kier alpha value is -0.0800. The van der Waals surface area contributed by atoms with Crippen LogP contribution in [-0.2, 0) is 4.74 Å². The highest BCUT2D eigenvalue weighted by Gasteiger charge is 2.04. The van der Waals surface area contributed by atoms with E-state index in [1.165, 1.54) is 12.8 Å². The third-order valence-electron chi connectivity index (χ3n) is 1.68. The second kappa shape index (κ2) is 6.62. The molecule has 0 aromatic rings. The zero-order chi connectivity index (χ0) is 8.69. The van der Waals surface area contributed by atoms with Crippen molar-refractivity contribution in [3.63, 3.8) is 0 Å². The largest absolute Gasteiger partial charge is 0.377 e. The predicted molar refractivity (Wildman–Crippen MR) is 51.0 cm³/mol. The van der Waals surface area contributed by atoms with Crippen molar-refractivity contribution in [2.75, 3.05) is 13.7 Å². The lowest BCUT2D eigenvalue weighted by Crippen LogP contribution is -2.31. The summed E-state index contributed by atoms with van der Waals surface area (Å²) >= 11 is 0. The van der Waals surface area contributed by atoms with Crippen LogP contribution in [0.4, 0.5) is 0 Å². The molecule has 2 nitrogen and oxygen atoms in total. The molecule has 11 heavy (non-hydrogen) atoms. The summed E-state index contributed by atoms with van der Waals surface area (Å²) < 4.78 is 5.48. The number of nitrogens with one attached hydrogen (secondary N) is 1. The number of likely N-dealkylation sites (N-methyl/N-ethyl adjacent to an activating group) is 1. The average Bonchev–Trinajstić information content (AvgIpc) is 1.97. The molecule has 2 heteroatoms. The Balaban J connectivity index is 0. The van der Waals surface area contributed by atoms with Crippen molar-refractivity contribution in [2.24, 2.45) is 0 Å². The highest BCUT2D eigenvalue weighted by atomic mass is 16.5. The molecule has 0 aliphatic carbocycles. The molecule has 0 heterocycles. The Kier molecular flexibility index (Phi) is 6.57. The third kappa shape index (κ3) is 6.32. The monoisotopic (exact) mass is 161 g/mol. The van der Waals surface area contributed by atoms with Crippen molar-refractivity contribution < 1.29 is 6.16 Å². The zero-order valence-corrected chi connectivity index (χ0v) is 8.18. The topological polar surface area (TPSA) is 21.3 Å². The lowest BCUT2D eigenvalue weighted by molar-refractivity contribution is 0.0609. The van der Waals surface area contributed by atoms with Gasteiger partial charge in [0.2, 0.25) is 0 Å². The molecule has 1 unspecified atom stereocenters. The summed E-state index contributed by atoms with van der Waals surface area (Å²) in [6.45, 7) is 7.17. The normalized spacial score (nSPS) is 13.9. The Morgan fingerprint density at radius 1 is 1.45 bits per heavy atom. The van der Waals surface area contributed by atoms with E-state index in [9.17, 15) is 0 Å². The van der Waals surface area contributed by atoms with Crippen molar-refractivity contribution in [2.45, 2.75) is 45.8 Å². The summed E-state index contributed by atoms with van der Waals surface area (Å²) in [4.78, 5) is 0. The summed E-state index contributed by atoms with van der Waals surface area (Å²) in [7, 11) is 1.99. The first-order valence-corrected chi connectivity index (χ1v) is 4.49. The minimum Gasteiger partial charge on any atom is -0.377 e. The van der Waals surface area contributed by atoms with E-state index < -0.39 is 0 Å². The summed E-state index contributed by atoms with van der Waals surface area (Å²) in [5.74, 6) is 0. The highest BCUT2D eigenvalue weighted by Crippen LogP contribution is 1.98. The molecule has 0 aliphatic heterocycles. The van der Waals surface area contributed by atoms with E-state index >= 15 is 0 Å². The van der Waals surface area contributed by atoms with E-state index in [1.54, 1.807) is 0 Å². The molecule has 0 bridgehead atoms. The molecule has 0 aliphatic rings. The maximum Gasteiger partial charge on any atom is 0.0622 e. The standard InChI is InChI=1S/C9H21NO.H2/c1-5-6-9(10-4)7-11-8(2)3;/h8-10H,5-7H2,1-4H3;1H. The van der Waals surface area contributed by atoms with Crippen LogP contribution in [-0.4, -0.2) is 25.8 Å². The van der Waals surface area contributed by atoms with Crippen molar-refractivity contribution in [1.29, 1.82) is 0 Å². The molecular weight excluding hydrogens is 138 g/mol. The van der Waals surface area contributed by atoms with Gasteiger partial charge >= 0.3 is 0 Å². The van der Waals surface area contributed by atoms with Crippen LogP contribution in [0.1, 0.15) is 35.0 Å². The van der Waals surface area contributed by atoms with Gasteiger partial charge in [-0.3, -0.25) is 0 Å². The fourth-order valence-corrected chi connectivity index (χ4v) is 0.968. The van der Waals surface area contributed by atoms with Gasteiger partial charge in [-0.1, -0.05) is 13.3 Å². The smallest absolute Gasteiger partial charge is 0.0622 e. The molecule has 0 fully saturated rings. The van der Waals surface area contributed by atoms with Crippen LogP contribution in [0, 0.1) is 0 Å². The quantitative estimate of drug-likeness (QED) is 0.643. The van der Waals surface area contributed by atoms with Gasteiger partial charge in [-0.15, -0.1) is 0 Å².